The predicted octanol–water partition coefficient (Wildman–Crippen LogP) is 3.08. The van der Waals surface area contributed by atoms with Gasteiger partial charge < -0.3 is 10.2 Å². The van der Waals surface area contributed by atoms with Gasteiger partial charge in [-0.25, -0.2) is 0 Å². The molecule has 2 atom stereocenters. The number of hydrogen-bond acceptors (Lipinski definition) is 2. The second kappa shape index (κ2) is 4.32. The van der Waals surface area contributed by atoms with Gasteiger partial charge in [-0.15, -0.1) is 0 Å². The van der Waals surface area contributed by atoms with Crippen molar-refractivity contribution in [3.63, 3.8) is 0 Å². The summed E-state index contributed by atoms with van der Waals surface area (Å²) in [6, 6.07) is 12.2. The van der Waals surface area contributed by atoms with Gasteiger partial charge >= 0.3 is 0 Å². The highest BCUT2D eigenvalue weighted by atomic mass is 16.3. The fourth-order valence-electron chi connectivity index (χ4n) is 1.72. The first-order valence-corrected chi connectivity index (χ1v) is 5.11. The molecular weight excluding hydrogens is 186 g/mol. The van der Waals surface area contributed by atoms with Crippen molar-refractivity contribution in [2.75, 3.05) is 0 Å². The highest BCUT2D eigenvalue weighted by molar-refractivity contribution is 5.24. The number of benzene rings is 1. The lowest BCUT2D eigenvalue weighted by molar-refractivity contribution is 0.545. The standard InChI is InChI=1S/C13H15NO/c1-10(11-5-3-2-4-6-11)13(14)12-7-8-15-9-12/h2-10,13H,14H2,1H3. The summed E-state index contributed by atoms with van der Waals surface area (Å²) in [4.78, 5) is 0. The van der Waals surface area contributed by atoms with Gasteiger partial charge in [-0.1, -0.05) is 37.3 Å². The lowest BCUT2D eigenvalue weighted by Gasteiger charge is -2.18. The Hall–Kier alpha value is -1.54. The summed E-state index contributed by atoms with van der Waals surface area (Å²) >= 11 is 0. The lowest BCUT2D eigenvalue weighted by Crippen LogP contribution is -2.16. The van der Waals surface area contributed by atoms with Crippen LogP contribution >= 0.6 is 0 Å². The molecular formula is C13H15NO. The Balaban J connectivity index is 2.18. The van der Waals surface area contributed by atoms with Crippen LogP contribution in [0.3, 0.4) is 0 Å². The molecule has 0 aliphatic carbocycles. The van der Waals surface area contributed by atoms with E-state index in [2.05, 4.69) is 19.1 Å². The Bertz CT molecular complexity index is 394. The molecule has 0 saturated carbocycles. The zero-order chi connectivity index (χ0) is 10.7. The topological polar surface area (TPSA) is 39.2 Å². The summed E-state index contributed by atoms with van der Waals surface area (Å²) in [6.45, 7) is 2.13. The highest BCUT2D eigenvalue weighted by Gasteiger charge is 2.17. The highest BCUT2D eigenvalue weighted by Crippen LogP contribution is 2.28. The molecule has 0 bridgehead atoms. The van der Waals surface area contributed by atoms with Gasteiger partial charge in [0.05, 0.1) is 12.5 Å². The molecule has 15 heavy (non-hydrogen) atoms. The van der Waals surface area contributed by atoms with Crippen LogP contribution in [-0.4, -0.2) is 0 Å². The minimum atomic E-state index is -0.00819. The van der Waals surface area contributed by atoms with Crippen LogP contribution < -0.4 is 5.73 Å². The molecule has 0 aliphatic rings. The quantitative estimate of drug-likeness (QED) is 0.828. The minimum absolute atomic E-state index is 0.00819. The summed E-state index contributed by atoms with van der Waals surface area (Å²) in [5.41, 5.74) is 8.46. The first kappa shape index (κ1) is 9.99. The molecule has 2 nitrogen and oxygen atoms in total. The molecule has 2 rings (SSSR count). The van der Waals surface area contributed by atoms with E-state index < -0.39 is 0 Å². The molecule has 1 heterocycles. The second-order valence-corrected chi connectivity index (χ2v) is 3.78. The average molecular weight is 201 g/mol. The third kappa shape index (κ3) is 2.10. The normalized spacial score (nSPS) is 14.8. The predicted molar refractivity (Wildman–Crippen MR) is 60.5 cm³/mol. The van der Waals surface area contributed by atoms with Gasteiger partial charge in [-0.3, -0.25) is 0 Å². The van der Waals surface area contributed by atoms with E-state index in [9.17, 15) is 0 Å². The largest absolute Gasteiger partial charge is 0.472 e. The van der Waals surface area contributed by atoms with E-state index in [0.717, 1.165) is 5.56 Å². The van der Waals surface area contributed by atoms with E-state index in [-0.39, 0.29) is 6.04 Å². The zero-order valence-electron chi connectivity index (χ0n) is 8.76. The smallest absolute Gasteiger partial charge is 0.0950 e. The monoisotopic (exact) mass is 201 g/mol. The van der Waals surface area contributed by atoms with Crippen LogP contribution in [0.1, 0.15) is 30.0 Å². The Kier molecular flexibility index (Phi) is 2.88. The fourth-order valence-corrected chi connectivity index (χ4v) is 1.72. The summed E-state index contributed by atoms with van der Waals surface area (Å²) in [6.07, 6.45) is 3.37. The summed E-state index contributed by atoms with van der Waals surface area (Å²) in [5, 5.41) is 0. The van der Waals surface area contributed by atoms with Gasteiger partial charge in [0.1, 0.15) is 0 Å². The van der Waals surface area contributed by atoms with Gasteiger partial charge in [-0.2, -0.15) is 0 Å². The number of hydrogen-bond donors (Lipinski definition) is 1. The maximum absolute atomic E-state index is 6.15. The van der Waals surface area contributed by atoms with E-state index in [1.54, 1.807) is 12.5 Å². The first-order valence-electron chi connectivity index (χ1n) is 5.11. The molecule has 1 aromatic carbocycles. The van der Waals surface area contributed by atoms with E-state index in [0.29, 0.717) is 5.92 Å². The fraction of sp³-hybridized carbons (Fsp3) is 0.231. The molecule has 0 spiro atoms. The molecule has 1 aromatic heterocycles. The van der Waals surface area contributed by atoms with Crippen LogP contribution in [-0.2, 0) is 0 Å². The van der Waals surface area contributed by atoms with Gasteiger partial charge in [0.25, 0.3) is 0 Å². The van der Waals surface area contributed by atoms with Gasteiger partial charge in [-0.05, 0) is 11.6 Å². The number of furan rings is 1. The summed E-state index contributed by atoms with van der Waals surface area (Å²) in [7, 11) is 0. The van der Waals surface area contributed by atoms with Crippen molar-refractivity contribution in [1.82, 2.24) is 0 Å². The Morgan fingerprint density at radius 3 is 2.40 bits per heavy atom. The maximum atomic E-state index is 6.15. The molecule has 2 unspecified atom stereocenters. The van der Waals surface area contributed by atoms with Gasteiger partial charge in [0, 0.05) is 17.5 Å². The van der Waals surface area contributed by atoms with Crippen molar-refractivity contribution in [3.05, 3.63) is 60.1 Å². The SMILES string of the molecule is CC(c1ccccc1)C(N)c1ccoc1. The number of rotatable bonds is 3. The van der Waals surface area contributed by atoms with Crippen molar-refractivity contribution in [3.8, 4) is 0 Å². The molecule has 2 heteroatoms. The average Bonchev–Trinajstić information content (AvgIpc) is 2.82. The minimum Gasteiger partial charge on any atom is -0.472 e. The molecule has 0 radical (unpaired) electrons. The van der Waals surface area contributed by atoms with Gasteiger partial charge in [0.15, 0.2) is 0 Å². The molecule has 0 aliphatic heterocycles. The van der Waals surface area contributed by atoms with Crippen molar-refractivity contribution < 1.29 is 4.42 Å². The van der Waals surface area contributed by atoms with Crippen molar-refractivity contribution in [2.24, 2.45) is 5.73 Å². The van der Waals surface area contributed by atoms with E-state index >= 15 is 0 Å². The van der Waals surface area contributed by atoms with E-state index in [4.69, 9.17) is 10.2 Å². The third-order valence-electron chi connectivity index (χ3n) is 2.79. The molecule has 0 saturated heterocycles. The Morgan fingerprint density at radius 2 is 1.80 bits per heavy atom. The molecule has 2 aromatic rings. The van der Waals surface area contributed by atoms with Crippen LogP contribution in [0.15, 0.2) is 53.3 Å². The molecule has 0 amide bonds. The van der Waals surface area contributed by atoms with Crippen molar-refractivity contribution >= 4 is 0 Å². The maximum Gasteiger partial charge on any atom is 0.0950 e. The molecule has 0 fully saturated rings. The first-order chi connectivity index (χ1) is 7.29. The second-order valence-electron chi connectivity index (χ2n) is 3.78. The zero-order valence-corrected chi connectivity index (χ0v) is 8.76. The Morgan fingerprint density at radius 1 is 1.07 bits per heavy atom. The van der Waals surface area contributed by atoms with Crippen molar-refractivity contribution in [1.29, 1.82) is 0 Å². The van der Waals surface area contributed by atoms with Crippen LogP contribution in [0.25, 0.3) is 0 Å². The molecule has 2 N–H and O–H groups in total. The van der Waals surface area contributed by atoms with Gasteiger partial charge in [0.2, 0.25) is 0 Å². The van der Waals surface area contributed by atoms with E-state index in [1.165, 1.54) is 5.56 Å². The van der Waals surface area contributed by atoms with E-state index in [1.807, 2.05) is 24.3 Å². The lowest BCUT2D eigenvalue weighted by atomic mass is 9.90. The van der Waals surface area contributed by atoms with Crippen LogP contribution in [0.4, 0.5) is 0 Å². The summed E-state index contributed by atoms with van der Waals surface area (Å²) < 4.78 is 5.04. The van der Waals surface area contributed by atoms with Crippen LogP contribution in [0.5, 0.6) is 0 Å². The Labute approximate surface area is 89.7 Å². The number of nitrogens with two attached hydrogens (primary N) is 1. The summed E-state index contributed by atoms with van der Waals surface area (Å²) in [5.74, 6) is 0.295. The molecule has 78 valence electrons. The van der Waals surface area contributed by atoms with Crippen LogP contribution in [0.2, 0.25) is 0 Å². The van der Waals surface area contributed by atoms with Crippen molar-refractivity contribution in [2.45, 2.75) is 18.9 Å². The third-order valence-corrected chi connectivity index (χ3v) is 2.79. The van der Waals surface area contributed by atoms with Crippen LogP contribution in [0, 0.1) is 0 Å².